The number of nitriles is 1. The van der Waals surface area contributed by atoms with E-state index in [1.165, 1.54) is 0 Å². The number of allylic oxidation sites excluding steroid dienone is 2. The van der Waals surface area contributed by atoms with E-state index < -0.39 is 0 Å². The van der Waals surface area contributed by atoms with Gasteiger partial charge in [0.2, 0.25) is 0 Å². The molecule has 0 atom stereocenters. The van der Waals surface area contributed by atoms with Crippen molar-refractivity contribution in [2.45, 2.75) is 6.42 Å². The molecule has 2 nitrogen and oxygen atoms in total. The number of hydrogen-bond acceptors (Lipinski definition) is 2. The van der Waals surface area contributed by atoms with Gasteiger partial charge in [-0.05, 0) is 17.7 Å². The first-order chi connectivity index (χ1) is 8.40. The third kappa shape index (κ3) is 3.02. The Morgan fingerprint density at radius 2 is 1.88 bits per heavy atom. The molecule has 0 aliphatic rings. The number of nitrogens with zero attached hydrogens (tertiary/aromatic N) is 2. The van der Waals surface area contributed by atoms with Crippen molar-refractivity contribution in [3.63, 3.8) is 0 Å². The second-order valence-electron chi connectivity index (χ2n) is 3.62. The third-order valence-electron chi connectivity index (χ3n) is 2.45. The van der Waals surface area contributed by atoms with Crippen LogP contribution in [0.15, 0.2) is 60.8 Å². The van der Waals surface area contributed by atoms with E-state index in [-0.39, 0.29) is 0 Å². The Labute approximate surface area is 101 Å². The number of pyridine rings is 1. The summed E-state index contributed by atoms with van der Waals surface area (Å²) in [4.78, 5) is 4.22. The fourth-order valence-corrected chi connectivity index (χ4v) is 1.57. The van der Waals surface area contributed by atoms with Gasteiger partial charge in [0.05, 0.1) is 11.6 Å². The van der Waals surface area contributed by atoms with Crippen molar-refractivity contribution in [2.24, 2.45) is 0 Å². The molecule has 1 aromatic carbocycles. The summed E-state index contributed by atoms with van der Waals surface area (Å²) in [6.07, 6.45) is 4.36. The maximum absolute atomic E-state index is 9.12. The van der Waals surface area contributed by atoms with E-state index >= 15 is 0 Å². The van der Waals surface area contributed by atoms with Gasteiger partial charge < -0.3 is 0 Å². The standard InChI is InChI=1S/C15H12N2/c16-12-14(13-6-2-1-3-7-13)9-10-15-8-4-5-11-17-15/h1-9,11H,10H2/b14-9+. The fraction of sp³-hybridized carbons (Fsp3) is 0.0667. The molecule has 0 fully saturated rings. The predicted molar refractivity (Wildman–Crippen MR) is 68.0 cm³/mol. The minimum atomic E-state index is 0.679. The molecule has 1 aromatic heterocycles. The van der Waals surface area contributed by atoms with Gasteiger partial charge >= 0.3 is 0 Å². The molecular formula is C15H12N2. The van der Waals surface area contributed by atoms with Crippen molar-refractivity contribution in [3.8, 4) is 6.07 Å². The first-order valence-corrected chi connectivity index (χ1v) is 5.46. The highest BCUT2D eigenvalue weighted by atomic mass is 14.7. The molecule has 2 aromatic rings. The van der Waals surface area contributed by atoms with Crippen LogP contribution in [-0.4, -0.2) is 4.98 Å². The molecule has 0 N–H and O–H groups in total. The fourth-order valence-electron chi connectivity index (χ4n) is 1.57. The summed E-state index contributed by atoms with van der Waals surface area (Å²) in [6.45, 7) is 0. The molecule has 0 aliphatic carbocycles. The Bertz CT molecular complexity index is 536. The summed E-state index contributed by atoms with van der Waals surface area (Å²) in [5.74, 6) is 0. The third-order valence-corrected chi connectivity index (χ3v) is 2.45. The zero-order valence-electron chi connectivity index (χ0n) is 9.38. The van der Waals surface area contributed by atoms with Gasteiger partial charge in [-0.25, -0.2) is 0 Å². The Kier molecular flexibility index (Phi) is 3.67. The van der Waals surface area contributed by atoms with Crippen molar-refractivity contribution >= 4 is 5.57 Å². The van der Waals surface area contributed by atoms with E-state index in [9.17, 15) is 0 Å². The summed E-state index contributed by atoms with van der Waals surface area (Å²) in [6, 6.07) is 17.7. The number of hydrogen-bond donors (Lipinski definition) is 0. The smallest absolute Gasteiger partial charge is 0.0994 e. The second kappa shape index (κ2) is 5.62. The lowest BCUT2D eigenvalue weighted by Gasteiger charge is -1.99. The first kappa shape index (κ1) is 11.1. The molecule has 0 saturated carbocycles. The van der Waals surface area contributed by atoms with Crippen molar-refractivity contribution in [3.05, 3.63) is 72.1 Å². The maximum Gasteiger partial charge on any atom is 0.0994 e. The summed E-state index contributed by atoms with van der Waals surface area (Å²) < 4.78 is 0. The Balaban J connectivity index is 2.18. The molecule has 0 saturated heterocycles. The lowest BCUT2D eigenvalue weighted by Crippen LogP contribution is -1.87. The minimum absolute atomic E-state index is 0.679. The lowest BCUT2D eigenvalue weighted by molar-refractivity contribution is 1.11. The maximum atomic E-state index is 9.12. The molecule has 0 aliphatic heterocycles. The quantitative estimate of drug-likeness (QED) is 0.744. The van der Waals surface area contributed by atoms with Crippen LogP contribution >= 0.6 is 0 Å². The van der Waals surface area contributed by atoms with Crippen molar-refractivity contribution in [2.75, 3.05) is 0 Å². The normalized spacial score (nSPS) is 10.9. The van der Waals surface area contributed by atoms with Gasteiger partial charge in [-0.2, -0.15) is 5.26 Å². The van der Waals surface area contributed by atoms with Crippen molar-refractivity contribution < 1.29 is 0 Å². The SMILES string of the molecule is N#C/C(=C\Cc1ccccn1)c1ccccc1. The van der Waals surface area contributed by atoms with E-state index in [2.05, 4.69) is 11.1 Å². The van der Waals surface area contributed by atoms with Crippen LogP contribution in [0.25, 0.3) is 5.57 Å². The lowest BCUT2D eigenvalue weighted by atomic mass is 10.1. The highest BCUT2D eigenvalue weighted by Crippen LogP contribution is 2.13. The highest BCUT2D eigenvalue weighted by molar-refractivity contribution is 5.76. The zero-order chi connectivity index (χ0) is 11.9. The van der Waals surface area contributed by atoms with Crippen molar-refractivity contribution in [1.29, 1.82) is 5.26 Å². The molecule has 0 bridgehead atoms. The molecule has 1 heterocycles. The average molecular weight is 220 g/mol. The molecule has 0 spiro atoms. The van der Waals surface area contributed by atoms with Gasteiger partial charge in [0.15, 0.2) is 0 Å². The van der Waals surface area contributed by atoms with Crippen LogP contribution in [0, 0.1) is 11.3 Å². The number of benzene rings is 1. The summed E-state index contributed by atoms with van der Waals surface area (Å²) in [5.41, 5.74) is 2.61. The van der Waals surface area contributed by atoms with Gasteiger partial charge in [0.25, 0.3) is 0 Å². The topological polar surface area (TPSA) is 36.7 Å². The molecule has 17 heavy (non-hydrogen) atoms. The van der Waals surface area contributed by atoms with Gasteiger partial charge in [0, 0.05) is 18.3 Å². The Hall–Kier alpha value is -2.40. The molecule has 2 rings (SSSR count). The molecular weight excluding hydrogens is 208 g/mol. The van der Waals surface area contributed by atoms with Crippen LogP contribution in [-0.2, 0) is 6.42 Å². The summed E-state index contributed by atoms with van der Waals surface area (Å²) in [5, 5.41) is 9.12. The minimum Gasteiger partial charge on any atom is -0.261 e. The number of rotatable bonds is 3. The number of aromatic nitrogens is 1. The van der Waals surface area contributed by atoms with E-state index in [4.69, 9.17) is 5.26 Å². The monoisotopic (exact) mass is 220 g/mol. The van der Waals surface area contributed by atoms with Gasteiger partial charge in [-0.1, -0.05) is 42.5 Å². The van der Waals surface area contributed by atoms with Crippen LogP contribution < -0.4 is 0 Å². The molecule has 82 valence electrons. The average Bonchev–Trinajstić information content (AvgIpc) is 2.42. The van der Waals surface area contributed by atoms with Crippen LogP contribution in [0.5, 0.6) is 0 Å². The van der Waals surface area contributed by atoms with Gasteiger partial charge in [0.1, 0.15) is 0 Å². The molecule has 0 amide bonds. The molecule has 2 heteroatoms. The predicted octanol–water partition coefficient (Wildman–Crippen LogP) is 3.23. The summed E-state index contributed by atoms with van der Waals surface area (Å²) in [7, 11) is 0. The second-order valence-corrected chi connectivity index (χ2v) is 3.62. The van der Waals surface area contributed by atoms with Gasteiger partial charge in [-0.3, -0.25) is 4.98 Å². The van der Waals surface area contributed by atoms with Crippen LogP contribution in [0.4, 0.5) is 0 Å². The molecule has 0 unspecified atom stereocenters. The largest absolute Gasteiger partial charge is 0.261 e. The summed E-state index contributed by atoms with van der Waals surface area (Å²) >= 11 is 0. The molecule has 0 radical (unpaired) electrons. The van der Waals surface area contributed by atoms with Crippen LogP contribution in [0.1, 0.15) is 11.3 Å². The highest BCUT2D eigenvalue weighted by Gasteiger charge is 1.99. The Morgan fingerprint density at radius 1 is 1.12 bits per heavy atom. The van der Waals surface area contributed by atoms with E-state index in [1.54, 1.807) is 6.20 Å². The zero-order valence-corrected chi connectivity index (χ0v) is 9.38. The Morgan fingerprint density at radius 3 is 2.53 bits per heavy atom. The van der Waals surface area contributed by atoms with Crippen molar-refractivity contribution in [1.82, 2.24) is 4.98 Å². The first-order valence-electron chi connectivity index (χ1n) is 5.46. The van der Waals surface area contributed by atoms with Crippen LogP contribution in [0.2, 0.25) is 0 Å². The van der Waals surface area contributed by atoms with Crippen LogP contribution in [0.3, 0.4) is 0 Å². The van der Waals surface area contributed by atoms with E-state index in [0.717, 1.165) is 11.3 Å². The van der Waals surface area contributed by atoms with E-state index in [0.29, 0.717) is 12.0 Å². The van der Waals surface area contributed by atoms with E-state index in [1.807, 2.05) is 54.6 Å². The van der Waals surface area contributed by atoms with Gasteiger partial charge in [-0.15, -0.1) is 0 Å².